The van der Waals surface area contributed by atoms with Crippen LogP contribution in [0.25, 0.3) is 11.0 Å². The largest absolute Gasteiger partial charge is 0.505 e. The van der Waals surface area contributed by atoms with Gasteiger partial charge in [-0.15, -0.1) is 0 Å². The Kier molecular flexibility index (Phi) is 2.32. The van der Waals surface area contributed by atoms with Crippen LogP contribution in [0, 0.1) is 0 Å². The van der Waals surface area contributed by atoms with Crippen LogP contribution in [0.4, 0.5) is 0 Å². The van der Waals surface area contributed by atoms with E-state index < -0.39 is 22.9 Å². The lowest BCUT2D eigenvalue weighted by molar-refractivity contribution is 0.0663. The van der Waals surface area contributed by atoms with Crippen LogP contribution in [0.5, 0.6) is 5.75 Å². The number of fused-ring (bicyclic) bond motifs is 1. The van der Waals surface area contributed by atoms with Gasteiger partial charge in [0, 0.05) is 6.07 Å². The first-order chi connectivity index (χ1) is 7.50. The molecule has 0 amide bonds. The predicted octanol–water partition coefficient (Wildman–Crippen LogP) is 1.85. The number of phenols is 1. The number of carboxylic acids is 1. The van der Waals surface area contributed by atoms with Crippen LogP contribution < -0.4 is 5.43 Å². The molecule has 82 valence electrons. The maximum atomic E-state index is 11.5. The number of aromatic carboxylic acids is 1. The molecule has 0 spiro atoms. The molecule has 2 aromatic rings. The summed E-state index contributed by atoms with van der Waals surface area (Å²) in [4.78, 5) is 22.2. The first-order valence-corrected chi connectivity index (χ1v) is 4.57. The quantitative estimate of drug-likeness (QED) is 0.794. The summed E-state index contributed by atoms with van der Waals surface area (Å²) >= 11 is 5.62. The van der Waals surface area contributed by atoms with Gasteiger partial charge in [-0.1, -0.05) is 11.6 Å². The number of hydrogen-bond donors (Lipinski definition) is 2. The first-order valence-electron chi connectivity index (χ1n) is 4.19. The van der Waals surface area contributed by atoms with Crippen LogP contribution in [-0.4, -0.2) is 16.2 Å². The van der Waals surface area contributed by atoms with Crippen molar-refractivity contribution in [2.45, 2.75) is 0 Å². The molecule has 0 fully saturated rings. The van der Waals surface area contributed by atoms with Gasteiger partial charge in [-0.05, 0) is 12.1 Å². The Hall–Kier alpha value is -2.01. The molecule has 1 heterocycles. The van der Waals surface area contributed by atoms with E-state index in [0.717, 1.165) is 6.07 Å². The molecule has 6 heteroatoms. The van der Waals surface area contributed by atoms with Gasteiger partial charge in [0.1, 0.15) is 16.7 Å². The Morgan fingerprint density at radius 1 is 1.38 bits per heavy atom. The molecule has 0 saturated heterocycles. The molecule has 0 aliphatic rings. The molecule has 16 heavy (non-hydrogen) atoms. The standard InChI is InChI=1S/C10H5ClO5/c11-4-1-2-6-8(9(4)13)5(12)3-7(16-6)10(14)15/h1-3,13H,(H,14,15). The topological polar surface area (TPSA) is 87.7 Å². The molecule has 1 aromatic heterocycles. The fraction of sp³-hybridized carbons (Fsp3) is 0. The maximum Gasteiger partial charge on any atom is 0.371 e. The second-order valence-corrected chi connectivity index (χ2v) is 3.46. The Labute approximate surface area is 93.5 Å². The van der Waals surface area contributed by atoms with Crippen molar-refractivity contribution in [2.75, 3.05) is 0 Å². The van der Waals surface area contributed by atoms with Crippen molar-refractivity contribution in [3.05, 3.63) is 39.2 Å². The van der Waals surface area contributed by atoms with E-state index in [0.29, 0.717) is 0 Å². The minimum Gasteiger partial charge on any atom is -0.505 e. The Balaban J connectivity index is 2.92. The van der Waals surface area contributed by atoms with Crippen LogP contribution in [0.15, 0.2) is 27.4 Å². The third-order valence-electron chi connectivity index (χ3n) is 2.03. The number of halogens is 1. The van der Waals surface area contributed by atoms with Crippen molar-refractivity contribution < 1.29 is 19.4 Å². The van der Waals surface area contributed by atoms with Gasteiger partial charge in [0.05, 0.1) is 5.02 Å². The molecule has 0 aliphatic heterocycles. The van der Waals surface area contributed by atoms with Crippen molar-refractivity contribution in [1.29, 1.82) is 0 Å². The van der Waals surface area contributed by atoms with Crippen LogP contribution in [0.1, 0.15) is 10.6 Å². The fourth-order valence-corrected chi connectivity index (χ4v) is 1.47. The lowest BCUT2D eigenvalue weighted by Crippen LogP contribution is -2.06. The number of hydrogen-bond acceptors (Lipinski definition) is 4. The summed E-state index contributed by atoms with van der Waals surface area (Å²) in [7, 11) is 0. The highest BCUT2D eigenvalue weighted by molar-refractivity contribution is 6.33. The minimum atomic E-state index is -1.35. The van der Waals surface area contributed by atoms with Gasteiger partial charge in [-0.25, -0.2) is 4.79 Å². The molecule has 2 rings (SSSR count). The normalized spacial score (nSPS) is 10.6. The molecule has 2 N–H and O–H groups in total. The molecule has 1 aromatic carbocycles. The van der Waals surface area contributed by atoms with E-state index in [9.17, 15) is 14.7 Å². The second kappa shape index (κ2) is 3.53. The van der Waals surface area contributed by atoms with Crippen molar-refractivity contribution >= 4 is 28.5 Å². The Morgan fingerprint density at radius 3 is 2.69 bits per heavy atom. The van der Waals surface area contributed by atoms with Gasteiger partial charge in [0.25, 0.3) is 0 Å². The summed E-state index contributed by atoms with van der Waals surface area (Å²) in [6.45, 7) is 0. The summed E-state index contributed by atoms with van der Waals surface area (Å²) in [5, 5.41) is 18.1. The van der Waals surface area contributed by atoms with Crippen LogP contribution >= 0.6 is 11.6 Å². The molecule has 0 atom stereocenters. The lowest BCUT2D eigenvalue weighted by Gasteiger charge is -2.02. The number of carbonyl (C=O) groups is 1. The SMILES string of the molecule is O=C(O)c1cc(=O)c2c(O)c(Cl)ccc2o1. The zero-order chi connectivity index (χ0) is 11.9. The smallest absolute Gasteiger partial charge is 0.371 e. The fourth-order valence-electron chi connectivity index (χ4n) is 1.31. The maximum absolute atomic E-state index is 11.5. The lowest BCUT2D eigenvalue weighted by atomic mass is 10.2. The van der Waals surface area contributed by atoms with Gasteiger partial charge >= 0.3 is 5.97 Å². The monoisotopic (exact) mass is 240 g/mol. The van der Waals surface area contributed by atoms with Gasteiger partial charge in [-0.2, -0.15) is 0 Å². The number of rotatable bonds is 1. The molecular weight excluding hydrogens is 236 g/mol. The van der Waals surface area contributed by atoms with Crippen molar-refractivity contribution in [1.82, 2.24) is 0 Å². The third-order valence-corrected chi connectivity index (χ3v) is 2.33. The highest BCUT2D eigenvalue weighted by Gasteiger charge is 2.14. The highest BCUT2D eigenvalue weighted by Crippen LogP contribution is 2.30. The predicted molar refractivity (Wildman–Crippen MR) is 56.1 cm³/mol. The van der Waals surface area contributed by atoms with E-state index in [-0.39, 0.29) is 16.0 Å². The minimum absolute atomic E-state index is 0.00266. The number of aromatic hydroxyl groups is 1. The Bertz CT molecular complexity index is 643. The van der Waals surface area contributed by atoms with Crippen molar-refractivity contribution in [3.8, 4) is 5.75 Å². The number of benzene rings is 1. The summed E-state index contributed by atoms with van der Waals surface area (Å²) in [6.07, 6.45) is 0. The number of phenolic OH excluding ortho intramolecular Hbond substituents is 1. The van der Waals surface area contributed by atoms with E-state index in [1.165, 1.54) is 12.1 Å². The van der Waals surface area contributed by atoms with Crippen molar-refractivity contribution in [2.24, 2.45) is 0 Å². The van der Waals surface area contributed by atoms with Gasteiger partial charge in [0.15, 0.2) is 5.43 Å². The average Bonchev–Trinajstić information content (AvgIpc) is 2.22. The third kappa shape index (κ3) is 1.51. The van der Waals surface area contributed by atoms with E-state index in [1.807, 2.05) is 0 Å². The molecule has 0 radical (unpaired) electrons. The highest BCUT2D eigenvalue weighted by atomic mass is 35.5. The van der Waals surface area contributed by atoms with Crippen LogP contribution in [0.2, 0.25) is 5.02 Å². The van der Waals surface area contributed by atoms with E-state index >= 15 is 0 Å². The van der Waals surface area contributed by atoms with E-state index in [4.69, 9.17) is 21.1 Å². The summed E-state index contributed by atoms with van der Waals surface area (Å²) in [5.74, 6) is -2.25. The van der Waals surface area contributed by atoms with Crippen LogP contribution in [0.3, 0.4) is 0 Å². The molecule has 0 aliphatic carbocycles. The molecule has 5 nitrogen and oxygen atoms in total. The average molecular weight is 241 g/mol. The second-order valence-electron chi connectivity index (χ2n) is 3.05. The molecule has 0 bridgehead atoms. The number of carboxylic acid groups (broad SMARTS) is 1. The van der Waals surface area contributed by atoms with Gasteiger partial charge in [-0.3, -0.25) is 4.79 Å². The van der Waals surface area contributed by atoms with Gasteiger partial charge in [0.2, 0.25) is 5.76 Å². The summed E-state index contributed by atoms with van der Waals surface area (Å²) in [5.41, 5.74) is -0.676. The zero-order valence-electron chi connectivity index (χ0n) is 7.73. The van der Waals surface area contributed by atoms with Crippen LogP contribution in [-0.2, 0) is 0 Å². The van der Waals surface area contributed by atoms with Gasteiger partial charge < -0.3 is 14.6 Å². The van der Waals surface area contributed by atoms with E-state index in [1.54, 1.807) is 0 Å². The molecular formula is C10H5ClO5. The van der Waals surface area contributed by atoms with E-state index in [2.05, 4.69) is 0 Å². The van der Waals surface area contributed by atoms with Crippen molar-refractivity contribution in [3.63, 3.8) is 0 Å². The zero-order valence-corrected chi connectivity index (χ0v) is 8.49. The summed E-state index contributed by atoms with van der Waals surface area (Å²) in [6, 6.07) is 3.43. The summed E-state index contributed by atoms with van der Waals surface area (Å²) < 4.78 is 4.92. The Morgan fingerprint density at radius 2 is 2.06 bits per heavy atom. The molecule has 0 saturated carbocycles. The first kappa shape index (κ1) is 10.5. The molecule has 0 unspecified atom stereocenters.